The zero-order valence-electron chi connectivity index (χ0n) is 12.9. The number of hydrogen-bond acceptors (Lipinski definition) is 4. The van der Waals surface area contributed by atoms with E-state index in [9.17, 15) is 14.9 Å². The van der Waals surface area contributed by atoms with E-state index in [0.29, 0.717) is 15.7 Å². The number of carbonyl (C=O) groups excluding carboxylic acids is 1. The van der Waals surface area contributed by atoms with Gasteiger partial charge in [-0.1, -0.05) is 6.42 Å². The van der Waals surface area contributed by atoms with Crippen molar-refractivity contribution in [2.75, 3.05) is 6.61 Å². The third kappa shape index (κ3) is 2.84. The van der Waals surface area contributed by atoms with Crippen LogP contribution in [0.2, 0.25) is 0 Å². The summed E-state index contributed by atoms with van der Waals surface area (Å²) in [7, 11) is 0. The van der Waals surface area contributed by atoms with Crippen LogP contribution in [0.5, 0.6) is 0 Å². The van der Waals surface area contributed by atoms with Crippen LogP contribution in [0, 0.1) is 19.1 Å². The van der Waals surface area contributed by atoms with Gasteiger partial charge in [0, 0.05) is 33.8 Å². The Bertz CT molecular complexity index is 645. The highest BCUT2D eigenvalue weighted by Crippen LogP contribution is 2.57. The fourth-order valence-electron chi connectivity index (χ4n) is 3.68. The second-order valence-electron chi connectivity index (χ2n) is 6.21. The molecule has 0 heterocycles. The Morgan fingerprint density at radius 3 is 2.78 bits per heavy atom. The van der Waals surface area contributed by atoms with Crippen molar-refractivity contribution in [3.8, 4) is 0 Å². The van der Waals surface area contributed by atoms with Crippen molar-refractivity contribution in [2.45, 2.75) is 44.8 Å². The Morgan fingerprint density at radius 2 is 2.26 bits per heavy atom. The molecule has 1 spiro atoms. The fraction of sp³-hybridized carbons (Fsp3) is 0.562. The molecule has 0 bridgehead atoms. The molecule has 1 amide bonds. The van der Waals surface area contributed by atoms with E-state index in [1.807, 2.05) is 29.5 Å². The number of nitro benzene ring substituents is 1. The van der Waals surface area contributed by atoms with E-state index in [0.717, 1.165) is 19.3 Å². The molecule has 2 fully saturated rings. The van der Waals surface area contributed by atoms with Gasteiger partial charge in [0.2, 0.25) is 0 Å². The second kappa shape index (κ2) is 6.35. The van der Waals surface area contributed by atoms with Gasteiger partial charge in [-0.05, 0) is 54.8 Å². The van der Waals surface area contributed by atoms with Gasteiger partial charge in [0.05, 0.1) is 16.6 Å². The van der Waals surface area contributed by atoms with E-state index in [-0.39, 0.29) is 29.2 Å². The average Bonchev–Trinajstić information content (AvgIpc) is 2.43. The first kappa shape index (κ1) is 16.6. The predicted octanol–water partition coefficient (Wildman–Crippen LogP) is 3.28. The molecule has 0 aliphatic heterocycles. The topological polar surface area (TPSA) is 81.5 Å². The smallest absolute Gasteiger partial charge is 0.270 e. The molecule has 1 aromatic carbocycles. The van der Waals surface area contributed by atoms with Crippen molar-refractivity contribution in [1.29, 1.82) is 0 Å². The molecule has 6 nitrogen and oxygen atoms in total. The number of nitro groups is 1. The van der Waals surface area contributed by atoms with Crippen molar-refractivity contribution in [1.82, 2.24) is 5.32 Å². The quantitative estimate of drug-likeness (QED) is 0.442. The molecule has 0 aromatic heterocycles. The average molecular weight is 430 g/mol. The maximum absolute atomic E-state index is 12.5. The Hall–Kier alpha value is -1.22. The van der Waals surface area contributed by atoms with Crippen molar-refractivity contribution in [3.63, 3.8) is 0 Å². The first-order chi connectivity index (χ1) is 11.0. The van der Waals surface area contributed by atoms with Crippen LogP contribution in [0.3, 0.4) is 0 Å². The number of non-ortho nitro benzene ring substituents is 1. The molecule has 124 valence electrons. The van der Waals surface area contributed by atoms with E-state index in [1.54, 1.807) is 0 Å². The van der Waals surface area contributed by atoms with E-state index in [4.69, 9.17) is 4.74 Å². The van der Waals surface area contributed by atoms with Gasteiger partial charge in [-0.25, -0.2) is 0 Å². The number of carbonyl (C=O) groups is 1. The molecule has 0 unspecified atom stereocenters. The van der Waals surface area contributed by atoms with Gasteiger partial charge in [-0.15, -0.1) is 0 Å². The van der Waals surface area contributed by atoms with Crippen LogP contribution in [0.1, 0.15) is 43.0 Å². The van der Waals surface area contributed by atoms with Gasteiger partial charge in [0.1, 0.15) is 0 Å². The van der Waals surface area contributed by atoms with Gasteiger partial charge in [0.25, 0.3) is 11.6 Å². The first-order valence-electron chi connectivity index (χ1n) is 7.84. The summed E-state index contributed by atoms with van der Waals surface area (Å²) in [5.41, 5.74) is 0.602. The summed E-state index contributed by atoms with van der Waals surface area (Å²) < 4.78 is 6.39. The van der Waals surface area contributed by atoms with Gasteiger partial charge >= 0.3 is 0 Å². The zero-order chi connectivity index (χ0) is 16.6. The Kier molecular flexibility index (Phi) is 4.59. The number of hydrogen-bond donors (Lipinski definition) is 1. The lowest BCUT2D eigenvalue weighted by molar-refractivity contribution is -0.384. The number of rotatable bonds is 5. The minimum Gasteiger partial charge on any atom is -0.378 e. The number of benzene rings is 1. The molecule has 1 aromatic rings. The second-order valence-corrected chi connectivity index (χ2v) is 7.38. The number of halogens is 1. The molecule has 0 radical (unpaired) electrons. The number of nitrogens with zero attached hydrogens (tertiary/aromatic N) is 1. The van der Waals surface area contributed by atoms with E-state index in [2.05, 4.69) is 5.32 Å². The SMILES string of the molecule is CCO[C@H]1C[C@@H](NC(=O)c2ccc([N+](=O)[O-])cc2I)C12CCC2. The normalized spacial score (nSPS) is 24.6. The molecule has 2 saturated carbocycles. The van der Waals surface area contributed by atoms with Crippen LogP contribution < -0.4 is 5.32 Å². The summed E-state index contributed by atoms with van der Waals surface area (Å²) >= 11 is 1.97. The Morgan fingerprint density at radius 1 is 1.52 bits per heavy atom. The van der Waals surface area contributed by atoms with E-state index < -0.39 is 4.92 Å². The molecule has 0 saturated heterocycles. The standard InChI is InChI=1S/C16H19IN2O4/c1-2-23-14-9-13(16(14)6-3-7-16)18-15(20)11-5-4-10(19(21)22)8-12(11)17/h4-5,8,13-14H,2-3,6-7,9H2,1H3,(H,18,20)/t13-,14+/m1/s1. The number of nitrogens with one attached hydrogen (secondary N) is 1. The summed E-state index contributed by atoms with van der Waals surface area (Å²) in [6.07, 6.45) is 4.48. The van der Waals surface area contributed by atoms with Gasteiger partial charge in [0.15, 0.2) is 0 Å². The van der Waals surface area contributed by atoms with Gasteiger partial charge in [-0.3, -0.25) is 14.9 Å². The number of ether oxygens (including phenoxy) is 1. The largest absolute Gasteiger partial charge is 0.378 e. The lowest BCUT2D eigenvalue weighted by atomic mass is 9.51. The van der Waals surface area contributed by atoms with Gasteiger partial charge in [-0.2, -0.15) is 0 Å². The maximum Gasteiger partial charge on any atom is 0.270 e. The third-order valence-electron chi connectivity index (χ3n) is 5.15. The molecule has 2 atom stereocenters. The highest BCUT2D eigenvalue weighted by atomic mass is 127. The van der Waals surface area contributed by atoms with Gasteiger partial charge < -0.3 is 10.1 Å². The molecule has 23 heavy (non-hydrogen) atoms. The van der Waals surface area contributed by atoms with Crippen LogP contribution in [0.4, 0.5) is 5.69 Å². The minimum absolute atomic E-state index is 0.00136. The maximum atomic E-state index is 12.5. The minimum atomic E-state index is -0.453. The predicted molar refractivity (Wildman–Crippen MR) is 93.4 cm³/mol. The molecular formula is C16H19IN2O4. The molecule has 7 heteroatoms. The molecule has 1 N–H and O–H groups in total. The van der Waals surface area contributed by atoms with E-state index >= 15 is 0 Å². The van der Waals surface area contributed by atoms with Crippen LogP contribution >= 0.6 is 22.6 Å². The van der Waals surface area contributed by atoms with Crippen molar-refractivity contribution >= 4 is 34.2 Å². The Balaban J connectivity index is 1.69. The first-order valence-corrected chi connectivity index (χ1v) is 8.92. The van der Waals surface area contributed by atoms with Crippen LogP contribution in [0.15, 0.2) is 18.2 Å². The molecular weight excluding hydrogens is 411 g/mol. The lowest BCUT2D eigenvalue weighted by Crippen LogP contribution is -2.67. The van der Waals surface area contributed by atoms with Crippen LogP contribution in [0.25, 0.3) is 0 Å². The van der Waals surface area contributed by atoms with E-state index in [1.165, 1.54) is 24.6 Å². The number of amides is 1. The summed E-state index contributed by atoms with van der Waals surface area (Å²) in [6, 6.07) is 4.48. The van der Waals surface area contributed by atoms with Crippen molar-refractivity contribution in [2.24, 2.45) is 5.41 Å². The zero-order valence-corrected chi connectivity index (χ0v) is 15.0. The summed E-state index contributed by atoms with van der Waals surface area (Å²) in [6.45, 7) is 2.70. The highest BCUT2D eigenvalue weighted by Gasteiger charge is 2.59. The highest BCUT2D eigenvalue weighted by molar-refractivity contribution is 14.1. The molecule has 2 aliphatic rings. The van der Waals surface area contributed by atoms with Crippen molar-refractivity contribution < 1.29 is 14.5 Å². The molecule has 2 aliphatic carbocycles. The lowest BCUT2D eigenvalue weighted by Gasteiger charge is -2.61. The monoisotopic (exact) mass is 430 g/mol. The summed E-state index contributed by atoms with van der Waals surface area (Å²) in [4.78, 5) is 22.8. The summed E-state index contributed by atoms with van der Waals surface area (Å²) in [5.74, 6) is -0.157. The third-order valence-corrected chi connectivity index (χ3v) is 6.04. The van der Waals surface area contributed by atoms with Crippen LogP contribution in [-0.2, 0) is 4.74 Å². The Labute approximate surface area is 148 Å². The molecule has 3 rings (SSSR count). The van der Waals surface area contributed by atoms with Crippen molar-refractivity contribution in [3.05, 3.63) is 37.4 Å². The fourth-order valence-corrected chi connectivity index (χ4v) is 4.42. The summed E-state index contributed by atoms with van der Waals surface area (Å²) in [5, 5.41) is 13.9. The van der Waals surface area contributed by atoms with Crippen LogP contribution in [-0.4, -0.2) is 29.6 Å².